The van der Waals surface area contributed by atoms with Gasteiger partial charge in [0.15, 0.2) is 0 Å². The van der Waals surface area contributed by atoms with Gasteiger partial charge in [-0.1, -0.05) is 41.9 Å². The van der Waals surface area contributed by atoms with Gasteiger partial charge >= 0.3 is 5.97 Å². The third-order valence-corrected chi connectivity index (χ3v) is 4.67. The van der Waals surface area contributed by atoms with E-state index in [4.69, 9.17) is 21.1 Å². The minimum absolute atomic E-state index is 0.0906. The Kier molecular flexibility index (Phi) is 6.84. The van der Waals surface area contributed by atoms with Crippen molar-refractivity contribution < 1.29 is 19.1 Å². The second-order valence-corrected chi connectivity index (χ2v) is 7.81. The molecule has 3 aromatic rings. The number of carbonyl (C=O) groups excluding carboxylic acids is 2. The monoisotopic (exact) mass is 427 g/mol. The number of esters is 1. The normalized spacial score (nSPS) is 12.2. The minimum atomic E-state index is -1.07. The minimum Gasteiger partial charge on any atom is -0.464 e. The zero-order valence-corrected chi connectivity index (χ0v) is 17.5. The van der Waals surface area contributed by atoms with Crippen LogP contribution in [0.1, 0.15) is 25.6 Å². The van der Waals surface area contributed by atoms with E-state index in [0.29, 0.717) is 10.8 Å². The van der Waals surface area contributed by atoms with Gasteiger partial charge < -0.3 is 9.47 Å². The van der Waals surface area contributed by atoms with E-state index in [1.807, 2.05) is 30.3 Å². The molecule has 30 heavy (non-hydrogen) atoms. The maximum Gasteiger partial charge on any atom is 0.310 e. The molecular weight excluding hydrogens is 406 g/mol. The fourth-order valence-electron chi connectivity index (χ4n) is 2.69. The molecule has 1 heterocycles. The lowest BCUT2D eigenvalue weighted by Gasteiger charge is -2.28. The van der Waals surface area contributed by atoms with Crippen LogP contribution in [-0.4, -0.2) is 33.1 Å². The molecule has 1 aromatic heterocycles. The highest BCUT2D eigenvalue weighted by molar-refractivity contribution is 6.30. The zero-order valence-electron chi connectivity index (χ0n) is 16.7. The number of rotatable bonds is 9. The summed E-state index contributed by atoms with van der Waals surface area (Å²) in [6.45, 7) is 3.30. The van der Waals surface area contributed by atoms with Crippen LogP contribution in [0, 0.1) is 5.41 Å². The highest BCUT2D eigenvalue weighted by Gasteiger charge is 2.38. The summed E-state index contributed by atoms with van der Waals surface area (Å²) in [7, 11) is 0. The Morgan fingerprint density at radius 3 is 2.43 bits per heavy atom. The smallest absolute Gasteiger partial charge is 0.310 e. The number of halogens is 1. The summed E-state index contributed by atoms with van der Waals surface area (Å²) in [6.07, 6.45) is 1.78. The van der Waals surface area contributed by atoms with Crippen LogP contribution in [0.25, 0.3) is 0 Å². The predicted molar refractivity (Wildman–Crippen MR) is 111 cm³/mol. The van der Waals surface area contributed by atoms with E-state index in [0.717, 1.165) is 5.56 Å². The van der Waals surface area contributed by atoms with Crippen LogP contribution >= 0.6 is 11.6 Å². The first-order valence-corrected chi connectivity index (χ1v) is 9.73. The Balaban J connectivity index is 1.69. The average Bonchev–Trinajstić information content (AvgIpc) is 3.27. The summed E-state index contributed by atoms with van der Waals surface area (Å²) in [5.41, 5.74) is -0.173. The van der Waals surface area contributed by atoms with Crippen molar-refractivity contribution >= 4 is 23.4 Å². The molecule has 1 atom stereocenters. The average molecular weight is 428 g/mol. The fraction of sp³-hybridized carbons (Fsp3) is 0.273. The largest absolute Gasteiger partial charge is 0.464 e. The Hall–Kier alpha value is -3.19. The quantitative estimate of drug-likeness (QED) is 0.482. The van der Waals surface area contributed by atoms with Crippen LogP contribution in [0.2, 0.25) is 5.02 Å². The first kappa shape index (κ1) is 21.5. The lowest BCUT2D eigenvalue weighted by Crippen LogP contribution is -2.39. The number of aromatic nitrogens is 3. The molecule has 0 aliphatic carbocycles. The lowest BCUT2D eigenvalue weighted by molar-refractivity contribution is -0.152. The molecule has 0 spiro atoms. The van der Waals surface area contributed by atoms with Crippen LogP contribution in [0.15, 0.2) is 67.3 Å². The summed E-state index contributed by atoms with van der Waals surface area (Å²) in [5.74, 6) is -0.265. The fourth-order valence-corrected chi connectivity index (χ4v) is 2.81. The van der Waals surface area contributed by atoms with Crippen molar-refractivity contribution in [1.82, 2.24) is 14.8 Å². The first-order valence-electron chi connectivity index (χ1n) is 9.35. The molecule has 2 aromatic carbocycles. The van der Waals surface area contributed by atoms with Crippen LogP contribution in [0.5, 0.6) is 5.75 Å². The molecular formula is C22H22ClN3O4. The highest BCUT2D eigenvalue weighted by Crippen LogP contribution is 2.28. The van der Waals surface area contributed by atoms with Crippen LogP contribution < -0.4 is 4.74 Å². The molecule has 0 fully saturated rings. The van der Waals surface area contributed by atoms with Crippen molar-refractivity contribution in [2.45, 2.75) is 26.5 Å². The van der Waals surface area contributed by atoms with Gasteiger partial charge in [0, 0.05) is 5.02 Å². The van der Waals surface area contributed by atoms with Crippen LogP contribution in [0.3, 0.4) is 0 Å². The van der Waals surface area contributed by atoms with Crippen LogP contribution in [-0.2, 0) is 20.7 Å². The van der Waals surface area contributed by atoms with Crippen molar-refractivity contribution in [2.75, 3.05) is 6.61 Å². The highest BCUT2D eigenvalue weighted by atomic mass is 35.5. The van der Waals surface area contributed by atoms with Gasteiger partial charge in [0.25, 0.3) is 6.23 Å². The van der Waals surface area contributed by atoms with Gasteiger partial charge in [-0.25, -0.2) is 9.67 Å². The van der Waals surface area contributed by atoms with E-state index in [9.17, 15) is 9.59 Å². The van der Waals surface area contributed by atoms with Gasteiger partial charge in [0.1, 0.15) is 25.0 Å². The van der Waals surface area contributed by atoms with E-state index in [1.54, 1.807) is 38.1 Å². The van der Waals surface area contributed by atoms with E-state index in [2.05, 4.69) is 10.1 Å². The number of ketones is 1. The standard InChI is InChI=1S/C22H22ClN3O4/c1-22(2,13-29-19(27)12-16-6-4-3-5-7-16)20(28)21(26-15-24-14-25-26)30-18-10-8-17(23)9-11-18/h3-11,14-15,21H,12-13H2,1-2H3. The number of hydrogen-bond donors (Lipinski definition) is 0. The maximum absolute atomic E-state index is 13.3. The summed E-state index contributed by atoms with van der Waals surface area (Å²) in [4.78, 5) is 29.4. The summed E-state index contributed by atoms with van der Waals surface area (Å²) in [5, 5.41) is 4.59. The zero-order chi connectivity index (χ0) is 21.6. The molecule has 156 valence electrons. The maximum atomic E-state index is 13.3. The van der Waals surface area contributed by atoms with Crippen molar-refractivity contribution in [1.29, 1.82) is 0 Å². The van der Waals surface area contributed by atoms with E-state index >= 15 is 0 Å². The summed E-state index contributed by atoms with van der Waals surface area (Å²) >= 11 is 5.91. The second kappa shape index (κ2) is 9.54. The number of benzene rings is 2. The van der Waals surface area contributed by atoms with Gasteiger partial charge in [0.2, 0.25) is 5.78 Å². The van der Waals surface area contributed by atoms with E-state index < -0.39 is 17.6 Å². The Labute approximate surface area is 179 Å². The number of ether oxygens (including phenoxy) is 2. The number of hydrogen-bond acceptors (Lipinski definition) is 6. The van der Waals surface area contributed by atoms with Gasteiger partial charge in [-0.3, -0.25) is 9.59 Å². The molecule has 7 nitrogen and oxygen atoms in total. The second-order valence-electron chi connectivity index (χ2n) is 7.37. The Morgan fingerprint density at radius 1 is 1.10 bits per heavy atom. The van der Waals surface area contributed by atoms with Gasteiger partial charge in [0.05, 0.1) is 11.8 Å². The molecule has 0 aliphatic rings. The predicted octanol–water partition coefficient (Wildman–Crippen LogP) is 3.89. The molecule has 0 amide bonds. The Bertz CT molecular complexity index is 973. The lowest BCUT2D eigenvalue weighted by atomic mass is 9.88. The van der Waals surface area contributed by atoms with Crippen molar-refractivity contribution in [2.24, 2.45) is 5.41 Å². The van der Waals surface area contributed by atoms with Gasteiger partial charge in [-0.05, 0) is 43.7 Å². The first-order chi connectivity index (χ1) is 14.3. The van der Waals surface area contributed by atoms with Crippen LogP contribution in [0.4, 0.5) is 0 Å². The van der Waals surface area contributed by atoms with Crippen molar-refractivity contribution in [3.63, 3.8) is 0 Å². The number of nitrogens with zero attached hydrogens (tertiary/aromatic N) is 3. The SMILES string of the molecule is CC(C)(COC(=O)Cc1ccccc1)C(=O)C(Oc1ccc(Cl)cc1)n1cncn1. The molecule has 0 N–H and O–H groups in total. The van der Waals surface area contributed by atoms with Gasteiger partial charge in [-0.2, -0.15) is 5.10 Å². The number of carbonyl (C=O) groups is 2. The third-order valence-electron chi connectivity index (χ3n) is 4.41. The molecule has 0 saturated carbocycles. The van der Waals surface area contributed by atoms with Crippen molar-refractivity contribution in [3.05, 3.63) is 77.8 Å². The third kappa shape index (κ3) is 5.67. The van der Waals surface area contributed by atoms with E-state index in [-0.39, 0.29) is 18.8 Å². The summed E-state index contributed by atoms with van der Waals surface area (Å²) in [6, 6.07) is 15.9. The number of Topliss-reactive ketones (excluding diaryl/α,β-unsaturated/α-hetero) is 1. The molecule has 0 aliphatic heterocycles. The molecule has 3 rings (SSSR count). The summed E-state index contributed by atoms with van der Waals surface area (Å²) < 4.78 is 12.6. The molecule has 1 unspecified atom stereocenters. The Morgan fingerprint density at radius 2 is 1.80 bits per heavy atom. The molecule has 0 radical (unpaired) electrons. The molecule has 8 heteroatoms. The topological polar surface area (TPSA) is 83.3 Å². The van der Waals surface area contributed by atoms with Gasteiger partial charge in [-0.15, -0.1) is 0 Å². The molecule has 0 saturated heterocycles. The van der Waals surface area contributed by atoms with E-state index in [1.165, 1.54) is 17.3 Å². The van der Waals surface area contributed by atoms with Crippen molar-refractivity contribution in [3.8, 4) is 5.75 Å². The molecule has 0 bridgehead atoms.